The number of carbonyl (C=O) groups is 1. The molecular weight excluding hydrogens is 240 g/mol. The van der Waals surface area contributed by atoms with E-state index in [2.05, 4.69) is 29.1 Å². The highest BCUT2D eigenvalue weighted by Gasteiger charge is 2.01. The van der Waals surface area contributed by atoms with E-state index < -0.39 is 0 Å². The van der Waals surface area contributed by atoms with Crippen LogP contribution in [0.2, 0.25) is 0 Å². The Morgan fingerprint density at radius 2 is 1.79 bits per heavy atom. The van der Waals surface area contributed by atoms with Crippen LogP contribution in [-0.2, 0) is 4.79 Å². The summed E-state index contributed by atoms with van der Waals surface area (Å²) < 4.78 is 0. The van der Waals surface area contributed by atoms with Gasteiger partial charge in [0, 0.05) is 5.57 Å². The van der Waals surface area contributed by atoms with Crippen molar-refractivity contribution in [3.8, 4) is 0 Å². The van der Waals surface area contributed by atoms with Crippen LogP contribution in [0.25, 0.3) is 0 Å². The maximum atomic E-state index is 11.4. The molecule has 14 heavy (non-hydrogen) atoms. The number of ketones is 1. The monoisotopic (exact) mass is 252 g/mol. The van der Waals surface area contributed by atoms with Gasteiger partial charge in [0.2, 0.25) is 0 Å². The number of hydrogen-bond acceptors (Lipinski definition) is 1. The van der Waals surface area contributed by atoms with Crippen molar-refractivity contribution in [1.29, 1.82) is 0 Å². The van der Waals surface area contributed by atoms with Gasteiger partial charge in [-0.1, -0.05) is 71.6 Å². The minimum absolute atomic E-state index is 0.0387. The fourth-order valence-corrected chi connectivity index (χ4v) is 1.05. The molecule has 0 bridgehead atoms. The number of hydrogen-bond donors (Lipinski definition) is 0. The van der Waals surface area contributed by atoms with Gasteiger partial charge < -0.3 is 0 Å². The lowest BCUT2D eigenvalue weighted by atomic mass is 10.1. The van der Waals surface area contributed by atoms with Crippen LogP contribution in [0.15, 0.2) is 61.3 Å². The lowest BCUT2D eigenvalue weighted by Gasteiger charge is -1.94. The molecule has 0 rings (SSSR count). The summed E-state index contributed by atoms with van der Waals surface area (Å²) in [5, 5.41) is 0.322. The highest BCUT2D eigenvalue weighted by Crippen LogP contribution is 2.02. The fraction of sp³-hybridized carbons (Fsp3) is 0.0833. The Morgan fingerprint density at radius 3 is 2.29 bits per heavy atom. The SMILES string of the molecule is C=C/C=C/C=C(\C=C\C=C)C(=O)CBr. The van der Waals surface area contributed by atoms with Gasteiger partial charge in [-0.3, -0.25) is 4.79 Å². The third-order valence-electron chi connectivity index (χ3n) is 1.38. The van der Waals surface area contributed by atoms with E-state index in [1.807, 2.05) is 0 Å². The lowest BCUT2D eigenvalue weighted by Crippen LogP contribution is -2.00. The molecule has 0 amide bonds. The van der Waals surface area contributed by atoms with Gasteiger partial charge in [-0.25, -0.2) is 0 Å². The molecule has 74 valence electrons. The predicted molar refractivity (Wildman–Crippen MR) is 65.6 cm³/mol. The summed E-state index contributed by atoms with van der Waals surface area (Å²) in [5.41, 5.74) is 0.639. The molecule has 0 aromatic carbocycles. The molecule has 0 heterocycles. The molecule has 0 saturated heterocycles. The van der Waals surface area contributed by atoms with Crippen molar-refractivity contribution in [2.75, 3.05) is 5.33 Å². The molecule has 0 saturated carbocycles. The van der Waals surface area contributed by atoms with E-state index in [-0.39, 0.29) is 5.78 Å². The van der Waals surface area contributed by atoms with Crippen LogP contribution in [0.3, 0.4) is 0 Å². The van der Waals surface area contributed by atoms with Gasteiger partial charge in [-0.05, 0) is 0 Å². The van der Waals surface area contributed by atoms with Crippen LogP contribution < -0.4 is 0 Å². The topological polar surface area (TPSA) is 17.1 Å². The maximum Gasteiger partial charge on any atom is 0.173 e. The average molecular weight is 253 g/mol. The smallest absolute Gasteiger partial charge is 0.173 e. The Bertz CT molecular complexity index is 295. The minimum Gasteiger partial charge on any atom is -0.293 e. The van der Waals surface area contributed by atoms with Crippen molar-refractivity contribution in [3.63, 3.8) is 0 Å². The Hall–Kier alpha value is -1.15. The fourth-order valence-electron chi connectivity index (χ4n) is 0.728. The summed E-state index contributed by atoms with van der Waals surface area (Å²) in [6.07, 6.45) is 12.0. The van der Waals surface area contributed by atoms with Crippen molar-refractivity contribution in [2.24, 2.45) is 0 Å². The number of rotatable bonds is 6. The van der Waals surface area contributed by atoms with E-state index in [0.717, 1.165) is 0 Å². The van der Waals surface area contributed by atoms with Crippen molar-refractivity contribution in [1.82, 2.24) is 0 Å². The zero-order chi connectivity index (χ0) is 10.8. The molecule has 0 fully saturated rings. The summed E-state index contributed by atoms with van der Waals surface area (Å²) in [5.74, 6) is 0.0387. The Balaban J connectivity index is 4.69. The normalized spacial score (nSPS) is 12.2. The molecule has 0 aliphatic heterocycles. The van der Waals surface area contributed by atoms with Crippen LogP contribution in [0.1, 0.15) is 0 Å². The summed E-state index contributed by atoms with van der Waals surface area (Å²) in [4.78, 5) is 11.4. The van der Waals surface area contributed by atoms with Gasteiger partial charge in [0.15, 0.2) is 5.78 Å². The van der Waals surface area contributed by atoms with Crippen LogP contribution in [0, 0.1) is 0 Å². The van der Waals surface area contributed by atoms with Crippen molar-refractivity contribution in [3.05, 3.63) is 61.3 Å². The first-order valence-corrected chi connectivity index (χ1v) is 5.26. The number of allylic oxidation sites excluding steroid dienone is 8. The highest BCUT2D eigenvalue weighted by atomic mass is 79.9. The quantitative estimate of drug-likeness (QED) is 0.403. The molecule has 0 unspecified atom stereocenters. The second kappa shape index (κ2) is 8.45. The predicted octanol–water partition coefficient (Wildman–Crippen LogP) is 3.36. The minimum atomic E-state index is 0.0387. The van der Waals surface area contributed by atoms with Crippen molar-refractivity contribution in [2.45, 2.75) is 0 Å². The van der Waals surface area contributed by atoms with Gasteiger partial charge in [-0.2, -0.15) is 0 Å². The molecule has 1 nitrogen and oxygen atoms in total. The summed E-state index contributed by atoms with van der Waals surface area (Å²) >= 11 is 3.12. The molecule has 0 atom stereocenters. The van der Waals surface area contributed by atoms with Crippen molar-refractivity contribution < 1.29 is 4.79 Å². The van der Waals surface area contributed by atoms with E-state index in [1.54, 1.807) is 42.5 Å². The molecule has 0 spiro atoms. The first-order valence-electron chi connectivity index (χ1n) is 4.14. The summed E-state index contributed by atoms with van der Waals surface area (Å²) in [7, 11) is 0. The van der Waals surface area contributed by atoms with Crippen LogP contribution >= 0.6 is 15.9 Å². The number of carbonyl (C=O) groups excluding carboxylic acids is 1. The molecule has 0 N–H and O–H groups in total. The Morgan fingerprint density at radius 1 is 1.14 bits per heavy atom. The molecule has 0 aromatic heterocycles. The van der Waals surface area contributed by atoms with Gasteiger partial charge in [0.1, 0.15) is 0 Å². The largest absolute Gasteiger partial charge is 0.293 e. The molecular formula is C12H13BrO. The molecule has 0 aliphatic rings. The van der Waals surface area contributed by atoms with Gasteiger partial charge in [0.25, 0.3) is 0 Å². The zero-order valence-electron chi connectivity index (χ0n) is 7.95. The Kier molecular flexibility index (Phi) is 7.75. The zero-order valence-corrected chi connectivity index (χ0v) is 9.53. The van der Waals surface area contributed by atoms with Gasteiger partial charge >= 0.3 is 0 Å². The lowest BCUT2D eigenvalue weighted by molar-refractivity contribution is -0.112. The molecule has 2 heteroatoms. The second-order valence-electron chi connectivity index (χ2n) is 2.39. The van der Waals surface area contributed by atoms with Crippen LogP contribution in [-0.4, -0.2) is 11.1 Å². The number of Topliss-reactive ketones (excluding diaryl/α,β-unsaturated/α-hetero) is 1. The third-order valence-corrected chi connectivity index (χ3v) is 1.89. The van der Waals surface area contributed by atoms with E-state index in [9.17, 15) is 4.79 Å². The standard InChI is InChI=1S/C12H13BrO/c1-3-5-7-9-11(8-6-4-2)12(14)10-13/h3-9H,1-2,10H2/b7-5+,8-6+,11-9+. The Labute approximate surface area is 93.3 Å². The maximum absolute atomic E-state index is 11.4. The van der Waals surface area contributed by atoms with E-state index >= 15 is 0 Å². The molecule has 0 radical (unpaired) electrons. The number of halogens is 1. The third kappa shape index (κ3) is 5.49. The average Bonchev–Trinajstić information content (AvgIpc) is 2.22. The van der Waals surface area contributed by atoms with E-state index in [0.29, 0.717) is 10.9 Å². The number of alkyl halides is 1. The van der Waals surface area contributed by atoms with Crippen LogP contribution in [0.4, 0.5) is 0 Å². The van der Waals surface area contributed by atoms with Gasteiger partial charge in [0.05, 0.1) is 5.33 Å². The second-order valence-corrected chi connectivity index (χ2v) is 2.95. The highest BCUT2D eigenvalue weighted by molar-refractivity contribution is 9.09. The van der Waals surface area contributed by atoms with Crippen LogP contribution in [0.5, 0.6) is 0 Å². The first kappa shape index (κ1) is 12.8. The first-order chi connectivity index (χ1) is 6.76. The summed E-state index contributed by atoms with van der Waals surface area (Å²) in [6.45, 7) is 7.08. The van der Waals surface area contributed by atoms with E-state index in [1.165, 1.54) is 0 Å². The molecule has 0 aliphatic carbocycles. The van der Waals surface area contributed by atoms with Gasteiger partial charge in [-0.15, -0.1) is 0 Å². The van der Waals surface area contributed by atoms with Crippen molar-refractivity contribution >= 4 is 21.7 Å². The molecule has 0 aromatic rings. The van der Waals surface area contributed by atoms with E-state index in [4.69, 9.17) is 0 Å². The summed E-state index contributed by atoms with van der Waals surface area (Å²) in [6, 6.07) is 0.